The Balaban J connectivity index is 0.892. The summed E-state index contributed by atoms with van der Waals surface area (Å²) in [6, 6.07) is 88.6. The molecule has 6 heterocycles. The average Bonchev–Trinajstić information content (AvgIpc) is 2.54. The second-order valence-electron chi connectivity index (χ2n) is 23.1. The van der Waals surface area contributed by atoms with E-state index in [1.54, 1.807) is 0 Å². The molecule has 0 N–H and O–H groups in total. The quantitative estimate of drug-likeness (QED) is 0.152. The number of hydrogen-bond donors (Lipinski definition) is 0. The third kappa shape index (κ3) is 7.79. The minimum atomic E-state index is -0.0439. The SMILES string of the molecule is CC(C)(C)c1ccnc(-n2c3ccccc3c3ccc(Oc4cccc(-n5[c](=[Pt])n(-c6c(-c7ccc8c(c7)oc7ccccc78)cc(-n7c8ccccc8c8ccccc87)cc6-c6ccc7c(c6)oc6ccccc67)c6ccccc65)c4)cc32)c1. The van der Waals surface area contributed by atoms with Crippen molar-refractivity contribution in [3.8, 4) is 56.6 Å². The molecule has 17 rings (SSSR count). The Morgan fingerprint density at radius 2 is 0.847 bits per heavy atom. The Morgan fingerprint density at radius 1 is 0.365 bits per heavy atom. The van der Waals surface area contributed by atoms with Gasteiger partial charge in [0.1, 0.15) is 0 Å². The van der Waals surface area contributed by atoms with Crippen molar-refractivity contribution in [2.75, 3.05) is 0 Å². The van der Waals surface area contributed by atoms with Crippen LogP contribution in [0.1, 0.15) is 26.3 Å². The monoisotopic (exact) mass is 1280 g/mol. The molecular weight excluding hydrogens is 1230 g/mol. The first kappa shape index (κ1) is 49.3. The molecule has 17 aromatic rings. The maximum absolute atomic E-state index is 6.96. The van der Waals surface area contributed by atoms with Gasteiger partial charge in [0, 0.05) is 6.20 Å². The van der Waals surface area contributed by atoms with Crippen LogP contribution in [0.25, 0.3) is 144 Å². The number of imidazole rings is 1. The first-order valence-electron chi connectivity index (χ1n) is 28.7. The van der Waals surface area contributed by atoms with Gasteiger partial charge >= 0.3 is 446 Å². The molecule has 0 atom stereocenters. The molecule has 85 heavy (non-hydrogen) atoms. The second kappa shape index (κ2) is 18.9. The number of ether oxygens (including phenoxy) is 1. The summed E-state index contributed by atoms with van der Waals surface area (Å²) in [5, 5.41) is 9.00. The van der Waals surface area contributed by atoms with Crippen LogP contribution in [0, 0.1) is 3.80 Å². The van der Waals surface area contributed by atoms with E-state index in [2.05, 4.69) is 277 Å². The molecule has 408 valence electrons. The zero-order chi connectivity index (χ0) is 56.7. The first-order chi connectivity index (χ1) is 41.7. The number of para-hydroxylation sites is 7. The van der Waals surface area contributed by atoms with Crippen molar-refractivity contribution in [3.63, 3.8) is 0 Å². The van der Waals surface area contributed by atoms with Gasteiger partial charge in [0.25, 0.3) is 0 Å². The van der Waals surface area contributed by atoms with Gasteiger partial charge < -0.3 is 0 Å². The predicted octanol–water partition coefficient (Wildman–Crippen LogP) is 20.3. The third-order valence-corrected chi connectivity index (χ3v) is 18.1. The van der Waals surface area contributed by atoms with Gasteiger partial charge in [0.05, 0.1) is 0 Å². The Labute approximate surface area is 498 Å². The van der Waals surface area contributed by atoms with Crippen LogP contribution in [0.3, 0.4) is 0 Å². The number of hydrogen-bond acceptors (Lipinski definition) is 4. The van der Waals surface area contributed by atoms with Crippen LogP contribution in [0.4, 0.5) is 0 Å². The van der Waals surface area contributed by atoms with E-state index in [4.69, 9.17) is 18.6 Å². The summed E-state index contributed by atoms with van der Waals surface area (Å²) < 4.78 is 30.8. The molecule has 0 spiro atoms. The number of rotatable bonds is 8. The zero-order valence-corrected chi connectivity index (χ0v) is 48.8. The molecule has 11 aromatic carbocycles. The molecule has 0 saturated heterocycles. The van der Waals surface area contributed by atoms with Crippen LogP contribution in [0.15, 0.2) is 264 Å². The number of benzene rings is 11. The summed E-state index contributed by atoms with van der Waals surface area (Å²) in [5.41, 5.74) is 18.0. The standard InChI is InChI=1S/C76H51N5O3.Pt/c1-76(2,3)49-37-38-77-74(41-49)81-66-26-11-6-21-56(66)57-36-33-53(45-69(57)81)82-52-18-16-17-50(42-52)78-46-79(68-28-13-12-27-67(68)78)75-62(47-31-34-60-58-22-7-14-29-70(58)83-72(60)39-47)43-51(80-64-24-9-4-19-54(64)55-20-5-10-25-65(55)80)44-63(75)48-32-35-61-59-23-8-15-30-71(59)84-73(61)40-48;/h4-45H,1-3H3;. The molecule has 0 amide bonds. The zero-order valence-electron chi connectivity index (χ0n) is 46.5. The van der Waals surface area contributed by atoms with Gasteiger partial charge in [-0.1, -0.05) is 32.9 Å². The predicted molar refractivity (Wildman–Crippen MR) is 343 cm³/mol. The van der Waals surface area contributed by atoms with Crippen molar-refractivity contribution in [1.29, 1.82) is 0 Å². The van der Waals surface area contributed by atoms with Crippen LogP contribution in [-0.4, -0.2) is 23.3 Å². The second-order valence-corrected chi connectivity index (χ2v) is 24.1. The fourth-order valence-corrected chi connectivity index (χ4v) is 14.2. The maximum atomic E-state index is 6.96. The molecule has 0 bridgehead atoms. The van der Waals surface area contributed by atoms with E-state index in [9.17, 15) is 0 Å². The fraction of sp³-hybridized carbons (Fsp3) is 0.0526. The van der Waals surface area contributed by atoms with Gasteiger partial charge in [-0.15, -0.1) is 0 Å². The Morgan fingerprint density at radius 3 is 1.44 bits per heavy atom. The van der Waals surface area contributed by atoms with E-state index in [-0.39, 0.29) is 5.41 Å². The number of furan rings is 2. The number of fused-ring (bicyclic) bond motifs is 13. The summed E-state index contributed by atoms with van der Waals surface area (Å²) in [6.45, 7) is 6.72. The minimum absolute atomic E-state index is 0.0439. The van der Waals surface area contributed by atoms with Crippen LogP contribution >= 0.6 is 0 Å². The van der Waals surface area contributed by atoms with Gasteiger partial charge in [0.15, 0.2) is 0 Å². The van der Waals surface area contributed by atoms with Gasteiger partial charge in [-0.05, 0) is 17.0 Å². The van der Waals surface area contributed by atoms with Crippen LogP contribution in [0.2, 0.25) is 0 Å². The Bertz CT molecular complexity index is 5490. The summed E-state index contributed by atoms with van der Waals surface area (Å²) in [4.78, 5) is 4.94. The van der Waals surface area contributed by atoms with E-state index < -0.39 is 0 Å². The van der Waals surface area contributed by atoms with Crippen molar-refractivity contribution in [2.24, 2.45) is 0 Å². The van der Waals surface area contributed by atoms with E-state index >= 15 is 0 Å². The number of nitrogens with zero attached hydrogens (tertiary/aromatic N) is 5. The van der Waals surface area contributed by atoms with Crippen LogP contribution in [-0.2, 0) is 24.8 Å². The summed E-state index contributed by atoms with van der Waals surface area (Å²) >= 11 is 2.54. The van der Waals surface area contributed by atoms with Gasteiger partial charge in [-0.2, -0.15) is 0 Å². The first-order valence-corrected chi connectivity index (χ1v) is 29.8. The number of pyridine rings is 1. The molecule has 8 nitrogen and oxygen atoms in total. The van der Waals surface area contributed by atoms with E-state index in [1.807, 2.05) is 36.5 Å². The van der Waals surface area contributed by atoms with E-state index in [1.165, 1.54) is 16.3 Å². The summed E-state index contributed by atoms with van der Waals surface area (Å²) in [7, 11) is 0. The van der Waals surface area contributed by atoms with Crippen LogP contribution in [0.5, 0.6) is 11.5 Å². The van der Waals surface area contributed by atoms with Gasteiger partial charge in [-0.3, -0.25) is 0 Å². The van der Waals surface area contributed by atoms with Crippen molar-refractivity contribution in [1.82, 2.24) is 23.3 Å². The summed E-state index contributed by atoms with van der Waals surface area (Å²) in [6.07, 6.45) is 1.92. The molecule has 6 aromatic heterocycles. The molecule has 0 fully saturated rings. The topological polar surface area (TPSA) is 68.1 Å². The van der Waals surface area contributed by atoms with Gasteiger partial charge in [0.2, 0.25) is 0 Å². The molecule has 0 aliphatic rings. The average molecular weight is 1280 g/mol. The molecule has 0 saturated carbocycles. The molecule has 9 heteroatoms. The van der Waals surface area contributed by atoms with Crippen molar-refractivity contribution >= 4 is 98.5 Å². The summed E-state index contributed by atoms with van der Waals surface area (Å²) in [5.74, 6) is 2.31. The molecule has 0 radical (unpaired) electrons. The van der Waals surface area contributed by atoms with Crippen LogP contribution < -0.4 is 4.74 Å². The third-order valence-electron chi connectivity index (χ3n) is 17.0. The van der Waals surface area contributed by atoms with Crippen molar-refractivity contribution in [2.45, 2.75) is 26.2 Å². The van der Waals surface area contributed by atoms with E-state index in [0.29, 0.717) is 5.75 Å². The number of aromatic nitrogens is 5. The molecular formula is C76H51N5O3Pt. The molecule has 0 aliphatic carbocycles. The molecule has 0 unspecified atom stereocenters. The Kier molecular flexibility index (Phi) is 11.0. The molecule has 0 aliphatic heterocycles. The fourth-order valence-electron chi connectivity index (χ4n) is 13.1. The Hall–Kier alpha value is -10.3. The normalized spacial score (nSPS) is 12.2. The van der Waals surface area contributed by atoms with Crippen molar-refractivity contribution in [3.05, 3.63) is 264 Å². The van der Waals surface area contributed by atoms with Gasteiger partial charge in [-0.25, -0.2) is 0 Å². The van der Waals surface area contributed by atoms with E-state index in [0.717, 1.165) is 142 Å². The van der Waals surface area contributed by atoms with Crippen molar-refractivity contribution < 1.29 is 32.9 Å².